The molecule has 0 aliphatic heterocycles. The summed E-state index contributed by atoms with van der Waals surface area (Å²) in [5.74, 6) is 0. The summed E-state index contributed by atoms with van der Waals surface area (Å²) in [6.45, 7) is 6.86. The fourth-order valence-electron chi connectivity index (χ4n) is 1.83. The molecule has 0 spiro atoms. The molecule has 0 aliphatic carbocycles. The fourth-order valence-corrected chi connectivity index (χ4v) is 1.83. The van der Waals surface area contributed by atoms with Gasteiger partial charge in [0, 0.05) is 12.6 Å². The SMILES string of the molecule is CC(CCCC(C)(C)O)NCc1ccccc1. The van der Waals surface area contributed by atoms with Gasteiger partial charge in [-0.3, -0.25) is 0 Å². The minimum atomic E-state index is -0.529. The largest absolute Gasteiger partial charge is 0.390 e. The predicted octanol–water partition coefficient (Wildman–Crippen LogP) is 3.11. The Bertz CT molecular complexity index is 302. The maximum absolute atomic E-state index is 9.62. The number of rotatable bonds is 7. The van der Waals surface area contributed by atoms with Crippen molar-refractivity contribution in [1.82, 2.24) is 5.32 Å². The molecule has 1 unspecified atom stereocenters. The fraction of sp³-hybridized carbons (Fsp3) is 0.600. The molecule has 1 aromatic carbocycles. The van der Waals surface area contributed by atoms with Gasteiger partial charge in [0.05, 0.1) is 5.60 Å². The molecule has 2 nitrogen and oxygen atoms in total. The molecule has 0 bridgehead atoms. The van der Waals surface area contributed by atoms with Crippen LogP contribution >= 0.6 is 0 Å². The van der Waals surface area contributed by atoms with Crippen LogP contribution in [0.15, 0.2) is 30.3 Å². The van der Waals surface area contributed by atoms with Crippen molar-refractivity contribution < 1.29 is 5.11 Å². The first-order chi connectivity index (χ1) is 7.97. The van der Waals surface area contributed by atoms with Crippen molar-refractivity contribution in [3.8, 4) is 0 Å². The summed E-state index contributed by atoms with van der Waals surface area (Å²) >= 11 is 0. The van der Waals surface area contributed by atoms with Gasteiger partial charge in [-0.05, 0) is 45.6 Å². The first-order valence-electron chi connectivity index (χ1n) is 6.47. The lowest BCUT2D eigenvalue weighted by Gasteiger charge is -2.19. The summed E-state index contributed by atoms with van der Waals surface area (Å²) < 4.78 is 0. The molecular formula is C15H25NO. The summed E-state index contributed by atoms with van der Waals surface area (Å²) in [6, 6.07) is 10.9. The van der Waals surface area contributed by atoms with Crippen molar-refractivity contribution >= 4 is 0 Å². The Morgan fingerprint density at radius 3 is 2.47 bits per heavy atom. The van der Waals surface area contributed by atoms with Gasteiger partial charge >= 0.3 is 0 Å². The first-order valence-corrected chi connectivity index (χ1v) is 6.47. The molecule has 1 atom stereocenters. The van der Waals surface area contributed by atoms with Gasteiger partial charge in [0.15, 0.2) is 0 Å². The normalized spacial score (nSPS) is 13.6. The van der Waals surface area contributed by atoms with Gasteiger partial charge in [0.25, 0.3) is 0 Å². The van der Waals surface area contributed by atoms with E-state index in [1.165, 1.54) is 5.56 Å². The monoisotopic (exact) mass is 235 g/mol. The van der Waals surface area contributed by atoms with Crippen LogP contribution in [0.1, 0.15) is 45.6 Å². The standard InChI is InChI=1S/C15H25NO/c1-13(8-7-11-15(2,3)17)16-12-14-9-5-4-6-10-14/h4-6,9-10,13,16-17H,7-8,11-12H2,1-3H3. The Labute approximate surface area is 105 Å². The topological polar surface area (TPSA) is 32.3 Å². The third-order valence-corrected chi connectivity index (χ3v) is 2.92. The average molecular weight is 235 g/mol. The van der Waals surface area contributed by atoms with Gasteiger partial charge in [0.1, 0.15) is 0 Å². The highest BCUT2D eigenvalue weighted by atomic mass is 16.3. The van der Waals surface area contributed by atoms with Crippen LogP contribution in [0, 0.1) is 0 Å². The Morgan fingerprint density at radius 1 is 1.24 bits per heavy atom. The van der Waals surface area contributed by atoms with Gasteiger partial charge in [-0.15, -0.1) is 0 Å². The second-order valence-electron chi connectivity index (χ2n) is 5.47. The Hall–Kier alpha value is -0.860. The van der Waals surface area contributed by atoms with Gasteiger partial charge < -0.3 is 10.4 Å². The van der Waals surface area contributed by atoms with Crippen LogP contribution in [0.4, 0.5) is 0 Å². The lowest BCUT2D eigenvalue weighted by atomic mass is 10.00. The lowest BCUT2D eigenvalue weighted by molar-refractivity contribution is 0.0675. The highest BCUT2D eigenvalue weighted by Gasteiger charge is 2.12. The van der Waals surface area contributed by atoms with E-state index in [4.69, 9.17) is 0 Å². The van der Waals surface area contributed by atoms with E-state index in [1.54, 1.807) is 0 Å². The van der Waals surface area contributed by atoms with Crippen LogP contribution < -0.4 is 5.32 Å². The molecule has 0 fully saturated rings. The minimum absolute atomic E-state index is 0.498. The molecule has 2 heteroatoms. The number of benzene rings is 1. The molecule has 96 valence electrons. The van der Waals surface area contributed by atoms with Crippen LogP contribution in [0.2, 0.25) is 0 Å². The second kappa shape index (κ2) is 6.77. The quantitative estimate of drug-likeness (QED) is 0.761. The summed E-state index contributed by atoms with van der Waals surface area (Å²) in [6.07, 6.45) is 3.04. The third-order valence-electron chi connectivity index (χ3n) is 2.92. The summed E-state index contributed by atoms with van der Waals surface area (Å²) in [5.41, 5.74) is 0.793. The number of hydrogen-bond donors (Lipinski definition) is 2. The van der Waals surface area contributed by atoms with E-state index in [2.05, 4.69) is 36.5 Å². The molecule has 0 saturated carbocycles. The zero-order valence-electron chi connectivity index (χ0n) is 11.2. The lowest BCUT2D eigenvalue weighted by Crippen LogP contribution is -2.26. The predicted molar refractivity (Wildman–Crippen MR) is 72.9 cm³/mol. The molecule has 0 aliphatic rings. The van der Waals surface area contributed by atoms with Crippen molar-refractivity contribution in [2.45, 2.75) is 58.2 Å². The maximum Gasteiger partial charge on any atom is 0.0591 e. The number of nitrogens with one attached hydrogen (secondary N) is 1. The van der Waals surface area contributed by atoms with Crippen molar-refractivity contribution in [1.29, 1.82) is 0 Å². The molecule has 0 saturated heterocycles. The van der Waals surface area contributed by atoms with Crippen molar-refractivity contribution in [3.63, 3.8) is 0 Å². The zero-order chi connectivity index (χ0) is 12.7. The van der Waals surface area contributed by atoms with E-state index in [0.717, 1.165) is 25.8 Å². The molecular weight excluding hydrogens is 210 g/mol. The Balaban J connectivity index is 2.15. The molecule has 1 aromatic rings. The highest BCUT2D eigenvalue weighted by Crippen LogP contribution is 2.13. The smallest absolute Gasteiger partial charge is 0.0591 e. The van der Waals surface area contributed by atoms with E-state index in [-0.39, 0.29) is 0 Å². The molecule has 17 heavy (non-hydrogen) atoms. The molecule has 0 heterocycles. The van der Waals surface area contributed by atoms with Crippen LogP contribution in [-0.2, 0) is 6.54 Å². The van der Waals surface area contributed by atoms with Crippen molar-refractivity contribution in [2.24, 2.45) is 0 Å². The van der Waals surface area contributed by atoms with Crippen LogP contribution in [0.3, 0.4) is 0 Å². The van der Waals surface area contributed by atoms with E-state index >= 15 is 0 Å². The average Bonchev–Trinajstić information content (AvgIpc) is 2.26. The number of aliphatic hydroxyl groups is 1. The van der Waals surface area contributed by atoms with Gasteiger partial charge in [-0.25, -0.2) is 0 Å². The maximum atomic E-state index is 9.62. The van der Waals surface area contributed by atoms with Gasteiger partial charge in [-0.1, -0.05) is 30.3 Å². The number of hydrogen-bond acceptors (Lipinski definition) is 2. The summed E-state index contributed by atoms with van der Waals surface area (Å²) in [7, 11) is 0. The first kappa shape index (κ1) is 14.2. The van der Waals surface area contributed by atoms with Gasteiger partial charge in [0.2, 0.25) is 0 Å². The molecule has 0 radical (unpaired) electrons. The van der Waals surface area contributed by atoms with E-state index in [1.807, 2.05) is 19.9 Å². The molecule has 1 rings (SSSR count). The van der Waals surface area contributed by atoms with Crippen LogP contribution in [-0.4, -0.2) is 16.7 Å². The van der Waals surface area contributed by atoms with E-state index in [0.29, 0.717) is 6.04 Å². The summed E-state index contributed by atoms with van der Waals surface area (Å²) in [4.78, 5) is 0. The molecule has 2 N–H and O–H groups in total. The van der Waals surface area contributed by atoms with Crippen molar-refractivity contribution in [3.05, 3.63) is 35.9 Å². The Kier molecular flexibility index (Phi) is 5.66. The molecule has 0 amide bonds. The van der Waals surface area contributed by atoms with Crippen LogP contribution in [0.25, 0.3) is 0 Å². The molecule has 0 aromatic heterocycles. The second-order valence-corrected chi connectivity index (χ2v) is 5.47. The minimum Gasteiger partial charge on any atom is -0.390 e. The van der Waals surface area contributed by atoms with Crippen LogP contribution in [0.5, 0.6) is 0 Å². The zero-order valence-corrected chi connectivity index (χ0v) is 11.2. The summed E-state index contributed by atoms with van der Waals surface area (Å²) in [5, 5.41) is 13.1. The highest BCUT2D eigenvalue weighted by molar-refractivity contribution is 5.14. The third kappa shape index (κ3) is 7.14. The van der Waals surface area contributed by atoms with E-state index in [9.17, 15) is 5.11 Å². The Morgan fingerprint density at radius 2 is 1.88 bits per heavy atom. The van der Waals surface area contributed by atoms with Gasteiger partial charge in [-0.2, -0.15) is 0 Å². The van der Waals surface area contributed by atoms with Crippen molar-refractivity contribution in [2.75, 3.05) is 0 Å². The van der Waals surface area contributed by atoms with E-state index < -0.39 is 5.60 Å².